The molecule has 3 heterocycles. The second-order valence-corrected chi connectivity index (χ2v) is 13.0. The number of carbonyl (C=O) groups is 5. The van der Waals surface area contributed by atoms with Gasteiger partial charge >= 0.3 is 6.03 Å². The van der Waals surface area contributed by atoms with Crippen LogP contribution < -0.4 is 21.3 Å². The van der Waals surface area contributed by atoms with Gasteiger partial charge < -0.3 is 35.5 Å². The minimum Gasteiger partial charge on any atom is -0.377 e. The van der Waals surface area contributed by atoms with Gasteiger partial charge in [0.1, 0.15) is 0 Å². The van der Waals surface area contributed by atoms with Crippen LogP contribution in [0.3, 0.4) is 0 Å². The maximum absolute atomic E-state index is 12.4. The van der Waals surface area contributed by atoms with E-state index in [1.54, 1.807) is 0 Å². The Morgan fingerprint density at radius 3 is 2.16 bits per heavy atom. The third-order valence-corrected chi connectivity index (χ3v) is 10.0. The number of hydrogen-bond acceptors (Lipinski definition) is 9. The highest BCUT2D eigenvalue weighted by Gasteiger charge is 2.42. The first-order valence-corrected chi connectivity index (χ1v) is 17.0. The largest absolute Gasteiger partial charge is 0.377 e. The molecule has 246 valence electrons. The average Bonchev–Trinajstić information content (AvgIpc) is 3.67. The summed E-state index contributed by atoms with van der Waals surface area (Å²) in [5.74, 6) is 0.727. The Bertz CT molecular complexity index is 1000. The maximum atomic E-state index is 12.4. The van der Waals surface area contributed by atoms with Gasteiger partial charge in [-0.05, 0) is 44.4 Å². The second-order valence-electron chi connectivity index (χ2n) is 11.7. The Labute approximate surface area is 263 Å². The van der Waals surface area contributed by atoms with Crippen molar-refractivity contribution >= 4 is 41.4 Å². The molecule has 3 fully saturated rings. The number of ether oxygens (including phenoxy) is 3. The first kappa shape index (κ1) is 34.2. The minimum absolute atomic E-state index is 0.0294. The number of imide groups is 1. The highest BCUT2D eigenvalue weighted by molar-refractivity contribution is 8.00. The van der Waals surface area contributed by atoms with Crippen molar-refractivity contribution in [2.75, 3.05) is 65.0 Å². The van der Waals surface area contributed by atoms with Crippen molar-refractivity contribution in [1.29, 1.82) is 0 Å². The van der Waals surface area contributed by atoms with Crippen molar-refractivity contribution in [3.8, 4) is 0 Å². The van der Waals surface area contributed by atoms with E-state index < -0.39 is 0 Å². The van der Waals surface area contributed by atoms with Crippen LogP contribution in [0.1, 0.15) is 51.4 Å². The molecule has 2 saturated heterocycles. The van der Waals surface area contributed by atoms with E-state index >= 15 is 0 Å². The molecule has 0 spiro atoms. The second kappa shape index (κ2) is 18.3. The van der Waals surface area contributed by atoms with Crippen molar-refractivity contribution in [1.82, 2.24) is 26.2 Å². The zero-order valence-corrected chi connectivity index (χ0v) is 26.2. The van der Waals surface area contributed by atoms with E-state index in [1.165, 1.54) is 17.1 Å². The van der Waals surface area contributed by atoms with Crippen molar-refractivity contribution in [3.63, 3.8) is 0 Å². The summed E-state index contributed by atoms with van der Waals surface area (Å²) in [6.07, 6.45) is 9.07. The van der Waals surface area contributed by atoms with Crippen molar-refractivity contribution in [2.24, 2.45) is 11.8 Å². The first-order valence-electron chi connectivity index (χ1n) is 15.9. The molecule has 4 N–H and O–H groups in total. The molecule has 6 amide bonds. The summed E-state index contributed by atoms with van der Waals surface area (Å²) in [4.78, 5) is 60.7. The van der Waals surface area contributed by atoms with Gasteiger partial charge in [0.25, 0.3) is 11.8 Å². The number of urea groups is 1. The Morgan fingerprint density at radius 1 is 0.841 bits per heavy atom. The van der Waals surface area contributed by atoms with Gasteiger partial charge in [-0.15, -0.1) is 0 Å². The molecule has 44 heavy (non-hydrogen) atoms. The topological polar surface area (TPSA) is 164 Å². The molecule has 14 heteroatoms. The highest BCUT2D eigenvalue weighted by atomic mass is 32.2. The third kappa shape index (κ3) is 11.0. The minimum atomic E-state index is -0.248. The molecule has 1 saturated carbocycles. The number of amides is 6. The van der Waals surface area contributed by atoms with Crippen LogP contribution in [0.15, 0.2) is 12.2 Å². The summed E-state index contributed by atoms with van der Waals surface area (Å²) >= 11 is 1.89. The van der Waals surface area contributed by atoms with Gasteiger partial charge in [-0.25, -0.2) is 4.79 Å². The Balaban J connectivity index is 0.869. The molecule has 4 aliphatic rings. The molecule has 0 bridgehead atoms. The molecule has 3 atom stereocenters. The van der Waals surface area contributed by atoms with E-state index in [1.807, 2.05) is 11.8 Å². The summed E-state index contributed by atoms with van der Waals surface area (Å²) in [6.45, 7) is 3.89. The predicted octanol–water partition coefficient (Wildman–Crippen LogP) is 0.726. The van der Waals surface area contributed by atoms with Crippen LogP contribution in [-0.2, 0) is 33.4 Å². The van der Waals surface area contributed by atoms with Gasteiger partial charge in [0.2, 0.25) is 11.8 Å². The van der Waals surface area contributed by atoms with Gasteiger partial charge in [-0.1, -0.05) is 6.42 Å². The van der Waals surface area contributed by atoms with Crippen molar-refractivity contribution in [3.05, 3.63) is 12.2 Å². The highest BCUT2D eigenvalue weighted by Crippen LogP contribution is 2.33. The van der Waals surface area contributed by atoms with Gasteiger partial charge in [-0.2, -0.15) is 11.8 Å². The SMILES string of the molecule is O=C(CCCCC1SC[C@@H]2NC(=O)N[C@H]12)NCCOCCOCCOCCNC(=O)C1CCC(CN2C(=O)C=CC2=O)CC1. The molecule has 1 aliphatic carbocycles. The molecule has 1 unspecified atom stereocenters. The molecular formula is C30H47N5O8S. The fourth-order valence-corrected chi connectivity index (χ4v) is 7.58. The molecular weight excluding hydrogens is 590 g/mol. The van der Waals surface area contributed by atoms with Gasteiger partial charge in [0.15, 0.2) is 0 Å². The summed E-state index contributed by atoms with van der Waals surface area (Å²) in [6, 6.07) is 0.387. The molecule has 0 aromatic heterocycles. The Kier molecular flexibility index (Phi) is 14.2. The zero-order chi connectivity index (χ0) is 31.1. The summed E-state index contributed by atoms with van der Waals surface area (Å²) in [5, 5.41) is 12.2. The van der Waals surface area contributed by atoms with E-state index in [0.29, 0.717) is 70.9 Å². The average molecular weight is 638 g/mol. The van der Waals surface area contributed by atoms with Crippen LogP contribution in [0.25, 0.3) is 0 Å². The lowest BCUT2D eigenvalue weighted by Gasteiger charge is -2.30. The summed E-state index contributed by atoms with van der Waals surface area (Å²) < 4.78 is 16.5. The number of rotatable bonds is 20. The quantitative estimate of drug-likeness (QED) is 0.0856. The number of nitrogens with zero attached hydrogens (tertiary/aromatic N) is 1. The number of thioether (sulfide) groups is 1. The van der Waals surface area contributed by atoms with Gasteiger partial charge in [-0.3, -0.25) is 24.1 Å². The van der Waals surface area contributed by atoms with Crippen LogP contribution >= 0.6 is 11.8 Å². The van der Waals surface area contributed by atoms with E-state index in [-0.39, 0.29) is 53.6 Å². The first-order chi connectivity index (χ1) is 21.4. The van der Waals surface area contributed by atoms with E-state index in [9.17, 15) is 24.0 Å². The number of hydrogen-bond donors (Lipinski definition) is 4. The van der Waals surface area contributed by atoms with E-state index in [0.717, 1.165) is 50.7 Å². The number of nitrogens with one attached hydrogen (secondary N) is 4. The summed E-state index contributed by atoms with van der Waals surface area (Å²) in [7, 11) is 0. The molecule has 0 aromatic rings. The predicted molar refractivity (Wildman–Crippen MR) is 164 cm³/mol. The number of carbonyl (C=O) groups excluding carboxylic acids is 5. The van der Waals surface area contributed by atoms with Crippen molar-refractivity contribution < 1.29 is 38.2 Å². The standard InChI is InChI=1S/C30H47N5O8S/c36-25(4-2-1-3-24-28-23(20-44-24)33-30(40)34-28)31-11-13-41-15-17-43-18-16-42-14-12-32-29(39)22-7-5-21(6-8-22)19-35-26(37)9-10-27(35)38/h9-10,21-24,28H,1-8,11-20H2,(H,31,36)(H,32,39)(H2,33,34,40)/t21?,22?,23-,24?,28-/m0/s1. The van der Waals surface area contributed by atoms with Crippen LogP contribution in [0, 0.1) is 11.8 Å². The summed E-state index contributed by atoms with van der Waals surface area (Å²) in [5.41, 5.74) is 0. The molecule has 13 nitrogen and oxygen atoms in total. The number of fused-ring (bicyclic) bond motifs is 1. The van der Waals surface area contributed by atoms with Crippen LogP contribution in [0.5, 0.6) is 0 Å². The normalized spacial score (nSPS) is 26.0. The van der Waals surface area contributed by atoms with Crippen LogP contribution in [0.2, 0.25) is 0 Å². The monoisotopic (exact) mass is 637 g/mol. The Morgan fingerprint density at radius 2 is 1.48 bits per heavy atom. The molecule has 0 aromatic carbocycles. The fraction of sp³-hybridized carbons (Fsp3) is 0.767. The van der Waals surface area contributed by atoms with Crippen LogP contribution in [-0.4, -0.2) is 117 Å². The molecule has 4 rings (SSSR count). The lowest BCUT2D eigenvalue weighted by Crippen LogP contribution is -2.39. The zero-order valence-electron chi connectivity index (χ0n) is 25.4. The lowest BCUT2D eigenvalue weighted by molar-refractivity contribution is -0.138. The fourth-order valence-electron chi connectivity index (χ4n) is 6.03. The molecule has 0 radical (unpaired) electrons. The number of unbranched alkanes of at least 4 members (excludes halogenated alkanes) is 1. The van der Waals surface area contributed by atoms with Crippen LogP contribution in [0.4, 0.5) is 4.79 Å². The smallest absolute Gasteiger partial charge is 0.315 e. The van der Waals surface area contributed by atoms with E-state index in [2.05, 4.69) is 21.3 Å². The van der Waals surface area contributed by atoms with E-state index in [4.69, 9.17) is 14.2 Å². The Hall–Kier alpha value is -2.68. The third-order valence-electron chi connectivity index (χ3n) is 8.50. The maximum Gasteiger partial charge on any atom is 0.315 e. The van der Waals surface area contributed by atoms with Crippen molar-refractivity contribution in [2.45, 2.75) is 68.7 Å². The van der Waals surface area contributed by atoms with Gasteiger partial charge in [0, 0.05) is 55.1 Å². The molecule has 3 aliphatic heterocycles. The lowest BCUT2D eigenvalue weighted by atomic mass is 9.81. The van der Waals surface area contributed by atoms with Gasteiger partial charge in [0.05, 0.1) is 51.7 Å².